The van der Waals surface area contributed by atoms with Gasteiger partial charge in [0.05, 0.1) is 6.61 Å². The molecule has 84 valence electrons. The highest BCUT2D eigenvalue weighted by atomic mass is 16.5. The smallest absolute Gasteiger partial charge is 0.339 e. The molecule has 0 fully saturated rings. The molecule has 0 radical (unpaired) electrons. The molecule has 0 saturated carbocycles. The van der Waals surface area contributed by atoms with E-state index in [1.165, 1.54) is 0 Å². The van der Waals surface area contributed by atoms with Crippen molar-refractivity contribution in [3.63, 3.8) is 0 Å². The molecule has 1 atom stereocenters. The SMILES string of the molecule is CCOC(=O)C(O)c1ccc2nccn2c1. The fourth-order valence-electron chi connectivity index (χ4n) is 1.46. The number of ether oxygens (including phenoxy) is 1. The Morgan fingerprint density at radius 3 is 3.19 bits per heavy atom. The number of imidazole rings is 1. The van der Waals surface area contributed by atoms with Crippen molar-refractivity contribution in [2.45, 2.75) is 13.0 Å². The van der Waals surface area contributed by atoms with E-state index in [9.17, 15) is 9.90 Å². The predicted molar refractivity (Wildman–Crippen MR) is 56.8 cm³/mol. The first-order valence-corrected chi connectivity index (χ1v) is 4.99. The number of hydrogen-bond donors (Lipinski definition) is 1. The molecule has 0 bridgehead atoms. The predicted octanol–water partition coefficient (Wildman–Crippen LogP) is 0.931. The summed E-state index contributed by atoms with van der Waals surface area (Å²) in [5, 5.41) is 9.71. The molecule has 2 heterocycles. The molecule has 0 spiro atoms. The Morgan fingerprint density at radius 2 is 2.44 bits per heavy atom. The van der Waals surface area contributed by atoms with Gasteiger partial charge in [0, 0.05) is 24.2 Å². The molecule has 1 unspecified atom stereocenters. The van der Waals surface area contributed by atoms with E-state index in [1.807, 2.05) is 0 Å². The fraction of sp³-hybridized carbons (Fsp3) is 0.273. The van der Waals surface area contributed by atoms with Gasteiger partial charge in [0.25, 0.3) is 0 Å². The normalized spacial score (nSPS) is 12.6. The molecule has 0 aliphatic rings. The van der Waals surface area contributed by atoms with E-state index in [4.69, 9.17) is 4.74 Å². The molecule has 2 rings (SSSR count). The Labute approximate surface area is 92.3 Å². The molecule has 5 nitrogen and oxygen atoms in total. The zero-order valence-corrected chi connectivity index (χ0v) is 8.83. The van der Waals surface area contributed by atoms with E-state index in [1.54, 1.807) is 42.0 Å². The number of aliphatic hydroxyl groups is 1. The van der Waals surface area contributed by atoms with Crippen LogP contribution in [0.2, 0.25) is 0 Å². The molecule has 0 aromatic carbocycles. The van der Waals surface area contributed by atoms with Gasteiger partial charge < -0.3 is 14.2 Å². The molecule has 2 aromatic heterocycles. The zero-order valence-electron chi connectivity index (χ0n) is 8.83. The number of rotatable bonds is 3. The highest BCUT2D eigenvalue weighted by Crippen LogP contribution is 2.15. The van der Waals surface area contributed by atoms with Crippen LogP contribution in [0.15, 0.2) is 30.7 Å². The minimum absolute atomic E-state index is 0.253. The lowest BCUT2D eigenvalue weighted by molar-refractivity contribution is -0.153. The summed E-state index contributed by atoms with van der Waals surface area (Å²) in [6, 6.07) is 3.39. The van der Waals surface area contributed by atoms with Crippen molar-refractivity contribution in [1.82, 2.24) is 9.38 Å². The van der Waals surface area contributed by atoms with E-state index in [0.717, 1.165) is 5.65 Å². The lowest BCUT2D eigenvalue weighted by Crippen LogP contribution is -2.15. The summed E-state index contributed by atoms with van der Waals surface area (Å²) in [5.41, 5.74) is 1.25. The third kappa shape index (κ3) is 1.90. The zero-order chi connectivity index (χ0) is 11.5. The van der Waals surface area contributed by atoms with Gasteiger partial charge >= 0.3 is 5.97 Å². The van der Waals surface area contributed by atoms with E-state index in [-0.39, 0.29) is 6.61 Å². The minimum atomic E-state index is -1.24. The standard InChI is InChI=1S/C11H12N2O3/c1-2-16-11(15)10(14)8-3-4-9-12-5-6-13(9)7-8/h3-7,10,14H,2H2,1H3. The summed E-state index contributed by atoms with van der Waals surface area (Å²) >= 11 is 0. The summed E-state index contributed by atoms with van der Waals surface area (Å²) < 4.78 is 6.47. The maximum atomic E-state index is 11.3. The largest absolute Gasteiger partial charge is 0.464 e. The number of carbonyl (C=O) groups is 1. The number of aliphatic hydroxyl groups excluding tert-OH is 1. The molecule has 0 amide bonds. The molecule has 5 heteroatoms. The summed E-state index contributed by atoms with van der Waals surface area (Å²) in [4.78, 5) is 15.4. The van der Waals surface area contributed by atoms with Crippen LogP contribution in [0.3, 0.4) is 0 Å². The minimum Gasteiger partial charge on any atom is -0.464 e. The third-order valence-electron chi connectivity index (χ3n) is 2.24. The van der Waals surface area contributed by atoms with Crippen LogP contribution in [0, 0.1) is 0 Å². The van der Waals surface area contributed by atoms with Gasteiger partial charge in [-0.1, -0.05) is 6.07 Å². The van der Waals surface area contributed by atoms with Crippen molar-refractivity contribution in [1.29, 1.82) is 0 Å². The molecule has 0 aliphatic carbocycles. The molecule has 1 N–H and O–H groups in total. The summed E-state index contributed by atoms with van der Waals surface area (Å²) in [7, 11) is 0. The fourth-order valence-corrected chi connectivity index (χ4v) is 1.46. The van der Waals surface area contributed by atoms with Crippen LogP contribution in [0.1, 0.15) is 18.6 Å². The summed E-state index contributed by atoms with van der Waals surface area (Å²) in [6.07, 6.45) is 3.81. The maximum Gasteiger partial charge on any atom is 0.339 e. The van der Waals surface area contributed by atoms with Crippen molar-refractivity contribution in [2.75, 3.05) is 6.61 Å². The number of nitrogens with zero attached hydrogens (tertiary/aromatic N) is 2. The van der Waals surface area contributed by atoms with Crippen LogP contribution >= 0.6 is 0 Å². The Kier molecular flexibility index (Phi) is 2.87. The van der Waals surface area contributed by atoms with Crippen molar-refractivity contribution in [3.8, 4) is 0 Å². The van der Waals surface area contributed by atoms with Crippen molar-refractivity contribution in [3.05, 3.63) is 36.3 Å². The molecule has 0 aliphatic heterocycles. The monoisotopic (exact) mass is 220 g/mol. The van der Waals surface area contributed by atoms with E-state index in [2.05, 4.69) is 4.98 Å². The first-order valence-electron chi connectivity index (χ1n) is 4.99. The third-order valence-corrected chi connectivity index (χ3v) is 2.24. The van der Waals surface area contributed by atoms with Gasteiger partial charge in [0.1, 0.15) is 5.65 Å². The van der Waals surface area contributed by atoms with Gasteiger partial charge in [-0.15, -0.1) is 0 Å². The Bertz CT molecular complexity index is 507. The number of hydrogen-bond acceptors (Lipinski definition) is 4. The van der Waals surface area contributed by atoms with Crippen LogP contribution in [0.4, 0.5) is 0 Å². The average molecular weight is 220 g/mol. The van der Waals surface area contributed by atoms with E-state index < -0.39 is 12.1 Å². The quantitative estimate of drug-likeness (QED) is 0.781. The van der Waals surface area contributed by atoms with E-state index >= 15 is 0 Å². The van der Waals surface area contributed by atoms with Crippen LogP contribution < -0.4 is 0 Å². The van der Waals surface area contributed by atoms with Gasteiger partial charge in [0.2, 0.25) is 0 Å². The van der Waals surface area contributed by atoms with Crippen LogP contribution in [0.25, 0.3) is 5.65 Å². The second kappa shape index (κ2) is 4.32. The Hall–Kier alpha value is -1.88. The summed E-state index contributed by atoms with van der Waals surface area (Å²) in [6.45, 7) is 1.95. The topological polar surface area (TPSA) is 63.8 Å². The highest BCUT2D eigenvalue weighted by Gasteiger charge is 2.18. The summed E-state index contributed by atoms with van der Waals surface area (Å²) in [5.74, 6) is -0.637. The number of aromatic nitrogens is 2. The van der Waals surface area contributed by atoms with Crippen molar-refractivity contribution in [2.24, 2.45) is 0 Å². The van der Waals surface area contributed by atoms with Crippen LogP contribution in [-0.4, -0.2) is 27.1 Å². The average Bonchev–Trinajstić information content (AvgIpc) is 2.75. The van der Waals surface area contributed by atoms with Crippen LogP contribution in [0.5, 0.6) is 0 Å². The number of fused-ring (bicyclic) bond motifs is 1. The molecular formula is C11H12N2O3. The number of carbonyl (C=O) groups excluding carboxylic acids is 1. The first kappa shape index (κ1) is 10.6. The molecule has 0 saturated heterocycles. The molecular weight excluding hydrogens is 208 g/mol. The lowest BCUT2D eigenvalue weighted by Gasteiger charge is -2.09. The van der Waals surface area contributed by atoms with Gasteiger partial charge in [-0.3, -0.25) is 0 Å². The maximum absolute atomic E-state index is 11.3. The van der Waals surface area contributed by atoms with Gasteiger partial charge in [-0.2, -0.15) is 0 Å². The molecule has 16 heavy (non-hydrogen) atoms. The second-order valence-electron chi connectivity index (χ2n) is 3.31. The van der Waals surface area contributed by atoms with Gasteiger partial charge in [0.15, 0.2) is 6.10 Å². The van der Waals surface area contributed by atoms with E-state index in [0.29, 0.717) is 5.56 Å². The number of esters is 1. The number of pyridine rings is 1. The lowest BCUT2D eigenvalue weighted by atomic mass is 10.1. The van der Waals surface area contributed by atoms with Crippen LogP contribution in [-0.2, 0) is 9.53 Å². The molecule has 2 aromatic rings. The highest BCUT2D eigenvalue weighted by molar-refractivity contribution is 5.76. The Balaban J connectivity index is 2.28. The van der Waals surface area contributed by atoms with Gasteiger partial charge in [-0.25, -0.2) is 9.78 Å². The second-order valence-corrected chi connectivity index (χ2v) is 3.31. The van der Waals surface area contributed by atoms with Crippen molar-refractivity contribution < 1.29 is 14.6 Å². The van der Waals surface area contributed by atoms with Crippen molar-refractivity contribution >= 4 is 11.6 Å². The Morgan fingerprint density at radius 1 is 1.62 bits per heavy atom. The van der Waals surface area contributed by atoms with Gasteiger partial charge in [-0.05, 0) is 13.0 Å². The first-order chi connectivity index (χ1) is 7.72.